The van der Waals surface area contributed by atoms with Gasteiger partial charge in [-0.05, 0) is 51.1 Å². The van der Waals surface area contributed by atoms with Gasteiger partial charge in [-0.15, -0.1) is 0 Å². The van der Waals surface area contributed by atoms with Gasteiger partial charge in [0.25, 0.3) is 0 Å². The van der Waals surface area contributed by atoms with Crippen molar-refractivity contribution < 1.29 is 9.84 Å². The van der Waals surface area contributed by atoms with Crippen LogP contribution in [0.3, 0.4) is 0 Å². The fourth-order valence-electron chi connectivity index (χ4n) is 3.11. The van der Waals surface area contributed by atoms with Crippen LogP contribution in [0.15, 0.2) is 61.2 Å². The maximum atomic E-state index is 10.5. The largest absolute Gasteiger partial charge is 0.494 e. The van der Waals surface area contributed by atoms with Gasteiger partial charge in [-0.3, -0.25) is 4.98 Å². The van der Waals surface area contributed by atoms with E-state index in [4.69, 9.17) is 4.74 Å². The predicted molar refractivity (Wildman–Crippen MR) is 119 cm³/mol. The molecule has 8 nitrogen and oxygen atoms in total. The van der Waals surface area contributed by atoms with Gasteiger partial charge in [-0.1, -0.05) is 6.07 Å². The van der Waals surface area contributed by atoms with E-state index in [1.165, 1.54) is 0 Å². The third kappa shape index (κ3) is 4.54. The molecular weight excluding hydrogens is 392 g/mol. The number of aryl methyl sites for hydroxylation is 1. The number of ether oxygens (including phenoxy) is 1. The molecule has 31 heavy (non-hydrogen) atoms. The molecule has 0 saturated carbocycles. The molecule has 0 unspecified atom stereocenters. The third-order valence-corrected chi connectivity index (χ3v) is 4.71. The van der Waals surface area contributed by atoms with E-state index in [1.54, 1.807) is 39.5 Å². The summed E-state index contributed by atoms with van der Waals surface area (Å²) in [5, 5.41) is 13.7. The van der Waals surface area contributed by atoms with Crippen LogP contribution in [0.25, 0.3) is 17.1 Å². The highest BCUT2D eigenvalue weighted by molar-refractivity contribution is 5.64. The average molecular weight is 416 g/mol. The first-order valence-electron chi connectivity index (χ1n) is 9.83. The SMILES string of the molecule is COc1cc(Nc2nc(-c3ccccn3)cc(C(C)(C)O)n2)ccc1-n1cnc(C)c1. The monoisotopic (exact) mass is 416 g/mol. The van der Waals surface area contributed by atoms with Crippen LogP contribution in [0.2, 0.25) is 0 Å². The van der Waals surface area contributed by atoms with Gasteiger partial charge in [0.1, 0.15) is 11.4 Å². The van der Waals surface area contributed by atoms with E-state index in [0.29, 0.717) is 28.8 Å². The van der Waals surface area contributed by atoms with Crippen molar-refractivity contribution in [3.05, 3.63) is 72.6 Å². The number of nitrogens with one attached hydrogen (secondary N) is 1. The molecule has 0 aliphatic carbocycles. The smallest absolute Gasteiger partial charge is 0.228 e. The van der Waals surface area contributed by atoms with Crippen molar-refractivity contribution in [2.45, 2.75) is 26.4 Å². The van der Waals surface area contributed by atoms with Crippen LogP contribution in [-0.2, 0) is 5.60 Å². The zero-order chi connectivity index (χ0) is 22.0. The normalized spacial score (nSPS) is 11.4. The van der Waals surface area contributed by atoms with Gasteiger partial charge in [0, 0.05) is 24.1 Å². The Balaban J connectivity index is 1.71. The number of hydrogen-bond donors (Lipinski definition) is 2. The molecule has 0 aliphatic rings. The Morgan fingerprint density at radius 2 is 1.87 bits per heavy atom. The second-order valence-electron chi connectivity index (χ2n) is 7.67. The summed E-state index contributed by atoms with van der Waals surface area (Å²) in [6, 6.07) is 13.1. The molecule has 8 heteroatoms. The first kappa shape index (κ1) is 20.5. The molecule has 0 atom stereocenters. The molecular formula is C23H24N6O2. The molecule has 0 aliphatic heterocycles. The zero-order valence-electron chi connectivity index (χ0n) is 17.9. The topological polar surface area (TPSA) is 98.0 Å². The molecule has 4 rings (SSSR count). The summed E-state index contributed by atoms with van der Waals surface area (Å²) in [5.41, 5.74) is 3.20. The number of hydrogen-bond acceptors (Lipinski definition) is 7. The molecule has 3 heterocycles. The number of aliphatic hydroxyl groups is 1. The van der Waals surface area contributed by atoms with Gasteiger partial charge >= 0.3 is 0 Å². The number of benzene rings is 1. The van der Waals surface area contributed by atoms with Gasteiger partial charge in [0.05, 0.1) is 41.9 Å². The van der Waals surface area contributed by atoms with E-state index >= 15 is 0 Å². The van der Waals surface area contributed by atoms with Gasteiger partial charge < -0.3 is 19.7 Å². The summed E-state index contributed by atoms with van der Waals surface area (Å²) in [6.45, 7) is 5.31. The highest BCUT2D eigenvalue weighted by Gasteiger charge is 2.21. The minimum atomic E-state index is -1.14. The van der Waals surface area contributed by atoms with Crippen LogP contribution in [-0.4, -0.2) is 36.7 Å². The molecule has 0 radical (unpaired) electrons. The molecule has 1 aromatic carbocycles. The Kier molecular flexibility index (Phi) is 5.39. The summed E-state index contributed by atoms with van der Waals surface area (Å²) in [7, 11) is 1.62. The van der Waals surface area contributed by atoms with E-state index in [2.05, 4.69) is 25.3 Å². The van der Waals surface area contributed by atoms with E-state index in [1.807, 2.05) is 54.1 Å². The highest BCUT2D eigenvalue weighted by Crippen LogP contribution is 2.29. The number of aromatic nitrogens is 5. The van der Waals surface area contributed by atoms with E-state index in [9.17, 15) is 5.11 Å². The Morgan fingerprint density at radius 3 is 2.52 bits per heavy atom. The summed E-state index contributed by atoms with van der Waals surface area (Å²) < 4.78 is 7.48. The Morgan fingerprint density at radius 1 is 1.03 bits per heavy atom. The maximum Gasteiger partial charge on any atom is 0.228 e. The number of pyridine rings is 1. The molecule has 4 aromatic rings. The Labute approximate surface area is 180 Å². The molecule has 0 bridgehead atoms. The predicted octanol–water partition coefficient (Wildman–Crippen LogP) is 4.01. The minimum Gasteiger partial charge on any atom is -0.494 e. The molecule has 0 saturated heterocycles. The number of methoxy groups -OCH3 is 1. The lowest BCUT2D eigenvalue weighted by Crippen LogP contribution is -2.19. The zero-order valence-corrected chi connectivity index (χ0v) is 17.9. The first-order valence-corrected chi connectivity index (χ1v) is 9.83. The number of anilines is 2. The Hall–Kier alpha value is -3.78. The lowest BCUT2D eigenvalue weighted by atomic mass is 10.0. The van der Waals surface area contributed by atoms with E-state index in [0.717, 1.165) is 17.1 Å². The van der Waals surface area contributed by atoms with Crippen molar-refractivity contribution >= 4 is 11.6 Å². The quantitative estimate of drug-likeness (QED) is 0.490. The summed E-state index contributed by atoms with van der Waals surface area (Å²) in [5.74, 6) is 1.03. The fraction of sp³-hybridized carbons (Fsp3) is 0.217. The van der Waals surface area contributed by atoms with Crippen molar-refractivity contribution in [3.63, 3.8) is 0 Å². The lowest BCUT2D eigenvalue weighted by Gasteiger charge is -2.19. The average Bonchev–Trinajstić information content (AvgIpc) is 3.19. The van der Waals surface area contributed by atoms with E-state index < -0.39 is 5.60 Å². The van der Waals surface area contributed by atoms with Crippen molar-refractivity contribution in [3.8, 4) is 22.8 Å². The summed E-state index contributed by atoms with van der Waals surface area (Å²) in [4.78, 5) is 17.7. The molecule has 2 N–H and O–H groups in total. The van der Waals surface area contributed by atoms with Crippen molar-refractivity contribution in [2.75, 3.05) is 12.4 Å². The van der Waals surface area contributed by atoms with Crippen molar-refractivity contribution in [1.29, 1.82) is 0 Å². The van der Waals surface area contributed by atoms with Crippen LogP contribution >= 0.6 is 0 Å². The Bertz CT molecular complexity index is 1200. The molecule has 3 aromatic heterocycles. The molecule has 0 amide bonds. The minimum absolute atomic E-state index is 0.355. The second-order valence-corrected chi connectivity index (χ2v) is 7.67. The van der Waals surface area contributed by atoms with Crippen LogP contribution < -0.4 is 10.1 Å². The van der Waals surface area contributed by atoms with Gasteiger partial charge in [0.2, 0.25) is 5.95 Å². The van der Waals surface area contributed by atoms with Gasteiger partial charge in [0.15, 0.2) is 0 Å². The fourth-order valence-corrected chi connectivity index (χ4v) is 3.11. The van der Waals surface area contributed by atoms with Crippen LogP contribution in [0.4, 0.5) is 11.6 Å². The van der Waals surface area contributed by atoms with Crippen LogP contribution in [0, 0.1) is 6.92 Å². The first-order chi connectivity index (χ1) is 14.8. The summed E-state index contributed by atoms with van der Waals surface area (Å²) in [6.07, 6.45) is 5.38. The van der Waals surface area contributed by atoms with E-state index in [-0.39, 0.29) is 0 Å². The van der Waals surface area contributed by atoms with Gasteiger partial charge in [-0.25, -0.2) is 15.0 Å². The molecule has 0 spiro atoms. The third-order valence-electron chi connectivity index (χ3n) is 4.71. The molecule has 158 valence electrons. The number of nitrogens with zero attached hydrogens (tertiary/aromatic N) is 5. The number of rotatable bonds is 6. The number of imidazole rings is 1. The second kappa shape index (κ2) is 8.16. The maximum absolute atomic E-state index is 10.5. The highest BCUT2D eigenvalue weighted by atomic mass is 16.5. The van der Waals surface area contributed by atoms with Crippen molar-refractivity contribution in [2.24, 2.45) is 0 Å². The lowest BCUT2D eigenvalue weighted by molar-refractivity contribution is 0.0739. The van der Waals surface area contributed by atoms with Crippen molar-refractivity contribution in [1.82, 2.24) is 24.5 Å². The van der Waals surface area contributed by atoms with Gasteiger partial charge in [-0.2, -0.15) is 0 Å². The van der Waals surface area contributed by atoms with Crippen LogP contribution in [0.5, 0.6) is 5.75 Å². The molecule has 0 fully saturated rings. The summed E-state index contributed by atoms with van der Waals surface area (Å²) >= 11 is 0. The standard InChI is InChI=1S/C23H24N6O2/c1-15-13-29(14-25-15)19-9-8-16(11-20(19)31-4)26-22-27-18(17-7-5-6-10-24-17)12-21(28-22)23(2,3)30/h5-14,30H,1-4H3,(H,26,27,28). The van der Waals surface area contributed by atoms with Crippen LogP contribution in [0.1, 0.15) is 25.2 Å².